The van der Waals surface area contributed by atoms with Crippen molar-refractivity contribution in [1.82, 2.24) is 20.0 Å². The molecule has 1 N–H and O–H groups in total. The van der Waals surface area contributed by atoms with E-state index in [9.17, 15) is 4.79 Å². The monoisotopic (exact) mass is 308 g/mol. The van der Waals surface area contributed by atoms with Crippen molar-refractivity contribution in [2.45, 2.75) is 39.3 Å². The van der Waals surface area contributed by atoms with Gasteiger partial charge in [-0.05, 0) is 27.2 Å². The number of ether oxygens (including phenoxy) is 1. The first-order valence-corrected chi connectivity index (χ1v) is 8.19. The minimum Gasteiger partial charge on any atom is -0.373 e. The second kappa shape index (κ2) is 7.74. The summed E-state index contributed by atoms with van der Waals surface area (Å²) in [5.74, 6) is 0.554. The highest BCUT2D eigenvalue weighted by molar-refractivity contribution is 5.81. The van der Waals surface area contributed by atoms with Crippen LogP contribution in [0.1, 0.15) is 38.9 Å². The molecule has 22 heavy (non-hydrogen) atoms. The summed E-state index contributed by atoms with van der Waals surface area (Å²) in [7, 11) is 1.91. The normalized spacial score (nSPS) is 22.7. The van der Waals surface area contributed by atoms with Crippen molar-refractivity contribution in [3.05, 3.63) is 18.0 Å². The summed E-state index contributed by atoms with van der Waals surface area (Å²) in [4.78, 5) is 14.1. The molecule has 1 amide bonds. The highest BCUT2D eigenvalue weighted by Gasteiger charge is 2.31. The molecule has 0 aromatic carbocycles. The third kappa shape index (κ3) is 3.87. The lowest BCUT2D eigenvalue weighted by molar-refractivity contribution is -0.132. The Morgan fingerprint density at radius 1 is 1.55 bits per heavy atom. The van der Waals surface area contributed by atoms with Gasteiger partial charge < -0.3 is 15.0 Å². The van der Waals surface area contributed by atoms with Crippen molar-refractivity contribution in [2.75, 3.05) is 26.2 Å². The van der Waals surface area contributed by atoms with Crippen LogP contribution in [0, 0.1) is 5.92 Å². The van der Waals surface area contributed by atoms with Crippen molar-refractivity contribution >= 4 is 5.91 Å². The number of hydrogen-bond donors (Lipinski definition) is 1. The van der Waals surface area contributed by atoms with E-state index in [-0.39, 0.29) is 18.1 Å². The number of aryl methyl sites for hydroxylation is 1. The zero-order valence-corrected chi connectivity index (χ0v) is 14.1. The van der Waals surface area contributed by atoms with Crippen LogP contribution >= 0.6 is 0 Å². The SMILES string of the molecule is CCN(CC)C(=O)[C@H](C)NC[C@H]1CCO[C@H]1c1cnn(C)c1. The second-order valence-corrected chi connectivity index (χ2v) is 5.93. The largest absolute Gasteiger partial charge is 0.373 e. The number of likely N-dealkylation sites (N-methyl/N-ethyl adjacent to an activating group) is 1. The third-order valence-corrected chi connectivity index (χ3v) is 4.40. The van der Waals surface area contributed by atoms with E-state index in [0.717, 1.165) is 38.2 Å². The topological polar surface area (TPSA) is 59.4 Å². The highest BCUT2D eigenvalue weighted by Crippen LogP contribution is 2.33. The highest BCUT2D eigenvalue weighted by atomic mass is 16.5. The predicted molar refractivity (Wildman–Crippen MR) is 85.4 cm³/mol. The van der Waals surface area contributed by atoms with E-state index < -0.39 is 0 Å². The molecule has 1 fully saturated rings. The lowest BCUT2D eigenvalue weighted by Gasteiger charge is -2.25. The Morgan fingerprint density at radius 2 is 2.27 bits per heavy atom. The van der Waals surface area contributed by atoms with Gasteiger partial charge in [-0.3, -0.25) is 9.48 Å². The first kappa shape index (κ1) is 17.0. The predicted octanol–water partition coefficient (Wildman–Crippen LogP) is 1.34. The average molecular weight is 308 g/mol. The summed E-state index contributed by atoms with van der Waals surface area (Å²) >= 11 is 0. The van der Waals surface area contributed by atoms with E-state index in [0.29, 0.717) is 5.92 Å². The molecule has 0 bridgehead atoms. The maximum atomic E-state index is 12.3. The molecule has 1 aliphatic heterocycles. The van der Waals surface area contributed by atoms with Gasteiger partial charge in [-0.1, -0.05) is 0 Å². The molecule has 0 radical (unpaired) electrons. The lowest BCUT2D eigenvalue weighted by atomic mass is 9.97. The Morgan fingerprint density at radius 3 is 2.86 bits per heavy atom. The first-order valence-electron chi connectivity index (χ1n) is 8.19. The van der Waals surface area contributed by atoms with Crippen LogP contribution in [0.2, 0.25) is 0 Å². The minimum absolute atomic E-state index is 0.0805. The van der Waals surface area contributed by atoms with Gasteiger partial charge in [0, 0.05) is 51.0 Å². The number of rotatable bonds is 7. The average Bonchev–Trinajstić information content (AvgIpc) is 3.14. The van der Waals surface area contributed by atoms with E-state index in [4.69, 9.17) is 4.74 Å². The van der Waals surface area contributed by atoms with E-state index in [1.165, 1.54) is 0 Å². The van der Waals surface area contributed by atoms with Gasteiger partial charge in [-0.2, -0.15) is 5.10 Å². The van der Waals surface area contributed by atoms with Crippen molar-refractivity contribution in [3.63, 3.8) is 0 Å². The van der Waals surface area contributed by atoms with Crippen molar-refractivity contribution < 1.29 is 9.53 Å². The molecule has 0 saturated carbocycles. The molecule has 124 valence electrons. The van der Waals surface area contributed by atoms with Gasteiger partial charge in [-0.25, -0.2) is 0 Å². The summed E-state index contributed by atoms with van der Waals surface area (Å²) in [6.45, 7) is 9.03. The van der Waals surface area contributed by atoms with E-state index in [1.54, 1.807) is 4.68 Å². The number of amides is 1. The molecule has 1 aromatic rings. The molecule has 6 nitrogen and oxygen atoms in total. The van der Waals surface area contributed by atoms with E-state index in [1.807, 2.05) is 45.1 Å². The number of carbonyl (C=O) groups excluding carboxylic acids is 1. The van der Waals surface area contributed by atoms with Gasteiger partial charge in [0.2, 0.25) is 5.91 Å². The molecule has 0 spiro atoms. The van der Waals surface area contributed by atoms with Gasteiger partial charge in [0.1, 0.15) is 0 Å². The number of carbonyl (C=O) groups is 1. The van der Waals surface area contributed by atoms with Crippen molar-refractivity contribution in [1.29, 1.82) is 0 Å². The third-order valence-electron chi connectivity index (χ3n) is 4.40. The number of nitrogens with one attached hydrogen (secondary N) is 1. The van der Waals surface area contributed by atoms with Gasteiger partial charge >= 0.3 is 0 Å². The summed E-state index contributed by atoms with van der Waals surface area (Å²) in [6, 6.07) is -0.157. The molecule has 6 heteroatoms. The van der Waals surface area contributed by atoms with Gasteiger partial charge in [0.15, 0.2) is 0 Å². The standard InChI is InChI=1S/C16H28N4O2/c1-5-20(6-2)16(21)12(3)17-9-13-7-8-22-15(13)14-10-18-19(4)11-14/h10-13,15,17H,5-9H2,1-4H3/t12-,13+,15+/m0/s1. The quantitative estimate of drug-likeness (QED) is 0.826. The van der Waals surface area contributed by atoms with Gasteiger partial charge in [-0.15, -0.1) is 0 Å². The zero-order valence-electron chi connectivity index (χ0n) is 14.1. The Kier molecular flexibility index (Phi) is 5.97. The fourth-order valence-electron chi connectivity index (χ4n) is 3.02. The zero-order chi connectivity index (χ0) is 16.1. The molecular formula is C16H28N4O2. The molecular weight excluding hydrogens is 280 g/mol. The molecule has 1 aliphatic rings. The lowest BCUT2D eigenvalue weighted by Crippen LogP contribution is -2.46. The Hall–Kier alpha value is -1.40. The smallest absolute Gasteiger partial charge is 0.239 e. The second-order valence-electron chi connectivity index (χ2n) is 5.93. The number of hydrogen-bond acceptors (Lipinski definition) is 4. The van der Waals surface area contributed by atoms with Crippen LogP contribution in [-0.2, 0) is 16.6 Å². The molecule has 0 aliphatic carbocycles. The Balaban J connectivity index is 1.89. The van der Waals surface area contributed by atoms with E-state index >= 15 is 0 Å². The Labute approximate surface area is 132 Å². The molecule has 2 rings (SSSR count). The van der Waals surface area contributed by atoms with Crippen LogP contribution in [-0.4, -0.2) is 52.9 Å². The van der Waals surface area contributed by atoms with Crippen LogP contribution in [0.4, 0.5) is 0 Å². The fourth-order valence-corrected chi connectivity index (χ4v) is 3.02. The Bertz CT molecular complexity index is 484. The molecule has 3 atom stereocenters. The first-order chi connectivity index (χ1) is 10.6. The summed E-state index contributed by atoms with van der Waals surface area (Å²) in [5, 5.41) is 7.60. The maximum Gasteiger partial charge on any atom is 0.239 e. The van der Waals surface area contributed by atoms with Crippen LogP contribution in [0.5, 0.6) is 0 Å². The van der Waals surface area contributed by atoms with Crippen molar-refractivity contribution in [3.8, 4) is 0 Å². The van der Waals surface area contributed by atoms with Gasteiger partial charge in [0.25, 0.3) is 0 Å². The molecule has 1 aromatic heterocycles. The van der Waals surface area contributed by atoms with E-state index in [2.05, 4.69) is 10.4 Å². The summed E-state index contributed by atoms with van der Waals surface area (Å²) < 4.78 is 7.66. The summed E-state index contributed by atoms with van der Waals surface area (Å²) in [5.41, 5.74) is 1.12. The number of nitrogens with zero attached hydrogens (tertiary/aromatic N) is 3. The maximum absolute atomic E-state index is 12.3. The van der Waals surface area contributed by atoms with Crippen LogP contribution in [0.15, 0.2) is 12.4 Å². The fraction of sp³-hybridized carbons (Fsp3) is 0.750. The molecule has 1 saturated heterocycles. The molecule has 0 unspecified atom stereocenters. The van der Waals surface area contributed by atoms with Crippen LogP contribution in [0.25, 0.3) is 0 Å². The van der Waals surface area contributed by atoms with Crippen LogP contribution in [0.3, 0.4) is 0 Å². The minimum atomic E-state index is -0.157. The van der Waals surface area contributed by atoms with Gasteiger partial charge in [0.05, 0.1) is 18.3 Å². The number of aromatic nitrogens is 2. The summed E-state index contributed by atoms with van der Waals surface area (Å²) in [6.07, 6.45) is 4.97. The molecule has 2 heterocycles. The van der Waals surface area contributed by atoms with Crippen molar-refractivity contribution in [2.24, 2.45) is 13.0 Å². The van der Waals surface area contributed by atoms with Crippen LogP contribution < -0.4 is 5.32 Å².